The van der Waals surface area contributed by atoms with Gasteiger partial charge in [-0.05, 0) is 85.6 Å². The van der Waals surface area contributed by atoms with Crippen molar-refractivity contribution < 1.29 is 44.5 Å². The summed E-state index contributed by atoms with van der Waals surface area (Å²) in [6, 6.07) is 18.5. The topological polar surface area (TPSA) is 83.5 Å². The van der Waals surface area contributed by atoms with E-state index in [4.69, 9.17) is 0 Å². The van der Waals surface area contributed by atoms with Gasteiger partial charge >= 0.3 is 11.2 Å². The van der Waals surface area contributed by atoms with Crippen molar-refractivity contribution in [3.8, 4) is 0 Å². The molecule has 0 saturated heterocycles. The van der Waals surface area contributed by atoms with Crippen LogP contribution < -0.4 is 0 Å². The van der Waals surface area contributed by atoms with Crippen LogP contribution >= 0.6 is 15.9 Å². The Morgan fingerprint density at radius 2 is 0.956 bits per heavy atom. The molecule has 0 aliphatic carbocycles. The summed E-state index contributed by atoms with van der Waals surface area (Å²) < 4.78 is 99.8. The van der Waals surface area contributed by atoms with Gasteiger partial charge in [0.15, 0.2) is 24.8 Å². The lowest BCUT2D eigenvalue weighted by atomic mass is 10.1. The quantitative estimate of drug-likeness (QED) is 0.0345. The third-order valence-corrected chi connectivity index (χ3v) is 10.0. The molecule has 0 saturated carbocycles. The van der Waals surface area contributed by atoms with Crippen LogP contribution in [0.2, 0.25) is 0 Å². The van der Waals surface area contributed by atoms with Gasteiger partial charge in [-0.3, -0.25) is 0 Å². The van der Waals surface area contributed by atoms with Gasteiger partial charge in [0.05, 0.1) is 17.5 Å². The lowest BCUT2D eigenvalue weighted by Gasteiger charge is -2.17. The van der Waals surface area contributed by atoms with Crippen molar-refractivity contribution in [1.82, 2.24) is 0 Å². The first-order valence-corrected chi connectivity index (χ1v) is 18.2. The number of hydrogen-bond donors (Lipinski definition) is 0. The summed E-state index contributed by atoms with van der Waals surface area (Å²) in [4.78, 5) is 13.5. The fourth-order valence-corrected chi connectivity index (χ4v) is 6.78. The number of rotatable bonds is 17. The zero-order chi connectivity index (χ0) is 33.3. The Labute approximate surface area is 272 Å². The molecule has 0 fully saturated rings. The molecule has 248 valence electrons. The van der Waals surface area contributed by atoms with E-state index in [2.05, 4.69) is 20.7 Å². The number of hydrogen-bond acceptors (Lipinski definition) is 5. The standard InChI is InChI=1S/C18H12F3S.C14H25BrF2O5S/c19-13-1-7-16(8-2-13)22(17-9-3-14(20)4-10-17)18-11-5-15(21)6-12-18;15-11-9-7-5-3-1-2-4-6-8-10-12-22-13(18)14(16,17)23(19,20)21/h1-12H;1-12H2,(H,19,20,21)/q+1;/p-1. The van der Waals surface area contributed by atoms with Crippen molar-refractivity contribution >= 4 is 42.9 Å². The van der Waals surface area contributed by atoms with Crippen LogP contribution in [-0.4, -0.2) is 36.1 Å². The Morgan fingerprint density at radius 1 is 0.644 bits per heavy atom. The van der Waals surface area contributed by atoms with Gasteiger partial charge < -0.3 is 9.29 Å². The maximum absolute atomic E-state index is 13.2. The highest BCUT2D eigenvalue weighted by Crippen LogP contribution is 2.31. The smallest absolute Gasteiger partial charge is 0.428 e. The van der Waals surface area contributed by atoms with E-state index < -0.39 is 32.2 Å². The Balaban J connectivity index is 0.000000313. The molecule has 5 nitrogen and oxygen atoms in total. The highest BCUT2D eigenvalue weighted by Gasteiger charge is 2.48. The monoisotopic (exact) mass is 738 g/mol. The fourth-order valence-electron chi connectivity index (χ4n) is 4.08. The summed E-state index contributed by atoms with van der Waals surface area (Å²) in [7, 11) is -6.57. The molecular weight excluding hydrogens is 703 g/mol. The molecule has 13 heteroatoms. The zero-order valence-electron chi connectivity index (χ0n) is 24.5. The first-order valence-electron chi connectivity index (χ1n) is 14.4. The van der Waals surface area contributed by atoms with Gasteiger partial charge in [0.2, 0.25) is 0 Å². The van der Waals surface area contributed by atoms with Gasteiger partial charge in [-0.15, -0.1) is 0 Å². The van der Waals surface area contributed by atoms with Crippen molar-refractivity contribution in [3.63, 3.8) is 0 Å². The third kappa shape index (κ3) is 13.8. The van der Waals surface area contributed by atoms with E-state index in [-0.39, 0.29) is 24.1 Å². The first-order chi connectivity index (χ1) is 21.4. The number of ether oxygens (including phenoxy) is 1. The van der Waals surface area contributed by atoms with E-state index in [1.165, 1.54) is 68.5 Å². The average Bonchev–Trinajstić information content (AvgIpc) is 3.00. The van der Waals surface area contributed by atoms with E-state index >= 15 is 0 Å². The summed E-state index contributed by atoms with van der Waals surface area (Å²) in [6.45, 7) is -0.309. The predicted octanol–water partition coefficient (Wildman–Crippen LogP) is 9.16. The number of unbranched alkanes of at least 4 members (excludes halogenated alkanes) is 9. The SMILES string of the molecule is Fc1ccc([S+](c2ccc(F)cc2)c2ccc(F)cc2)cc1.O=C(OCCCCCCCCCCCCBr)C(F)(F)S(=O)(=O)[O-]. The van der Waals surface area contributed by atoms with Crippen LogP contribution in [0.25, 0.3) is 0 Å². The van der Waals surface area contributed by atoms with Crippen molar-refractivity contribution in [3.05, 3.63) is 90.2 Å². The average molecular weight is 740 g/mol. The number of halogens is 6. The lowest BCUT2D eigenvalue weighted by molar-refractivity contribution is -0.161. The number of benzene rings is 3. The van der Waals surface area contributed by atoms with Gasteiger partial charge in [0, 0.05) is 5.33 Å². The highest BCUT2D eigenvalue weighted by molar-refractivity contribution is 9.09. The van der Waals surface area contributed by atoms with Gasteiger partial charge in [-0.25, -0.2) is 26.4 Å². The van der Waals surface area contributed by atoms with Crippen LogP contribution in [-0.2, 0) is 30.5 Å². The maximum Gasteiger partial charge on any atom is 0.428 e. The normalized spacial score (nSPS) is 11.6. The summed E-state index contributed by atoms with van der Waals surface area (Å²) >= 11 is 3.38. The Bertz CT molecular complexity index is 1280. The van der Waals surface area contributed by atoms with E-state index in [1.54, 1.807) is 36.4 Å². The van der Waals surface area contributed by atoms with Crippen molar-refractivity contribution in [1.29, 1.82) is 0 Å². The predicted molar refractivity (Wildman–Crippen MR) is 167 cm³/mol. The zero-order valence-corrected chi connectivity index (χ0v) is 27.8. The molecule has 0 spiro atoms. The van der Waals surface area contributed by atoms with Gasteiger partial charge in [0.25, 0.3) is 0 Å². The Hall–Kier alpha value is -2.48. The summed E-state index contributed by atoms with van der Waals surface area (Å²) in [6.07, 6.45) is 10.2. The summed E-state index contributed by atoms with van der Waals surface area (Å²) in [5.41, 5.74) is 0. The molecule has 0 aliphatic rings. The molecule has 45 heavy (non-hydrogen) atoms. The van der Waals surface area contributed by atoms with Gasteiger partial charge in [0.1, 0.15) is 17.5 Å². The molecule has 0 aromatic heterocycles. The second-order valence-corrected chi connectivity index (χ2v) is 14.2. The van der Waals surface area contributed by atoms with Crippen molar-refractivity contribution in [2.45, 2.75) is 84.1 Å². The van der Waals surface area contributed by atoms with Gasteiger partial charge in [-0.2, -0.15) is 8.78 Å². The maximum atomic E-state index is 13.2. The molecule has 0 heterocycles. The molecule has 0 aliphatic heterocycles. The first kappa shape index (κ1) is 38.7. The highest BCUT2D eigenvalue weighted by atomic mass is 79.9. The van der Waals surface area contributed by atoms with Crippen LogP contribution in [0, 0.1) is 17.5 Å². The molecule has 0 amide bonds. The minimum atomic E-state index is -6.03. The second kappa shape index (κ2) is 19.9. The summed E-state index contributed by atoms with van der Waals surface area (Å²) in [5.74, 6) is -3.24. The molecule has 0 radical (unpaired) electrons. The number of carbonyl (C=O) groups excluding carboxylic acids is 1. The van der Waals surface area contributed by atoms with Crippen LogP contribution in [0.3, 0.4) is 0 Å². The fraction of sp³-hybridized carbons (Fsp3) is 0.406. The minimum absolute atomic E-state index is 0.309. The molecule has 0 atom stereocenters. The van der Waals surface area contributed by atoms with Crippen LogP contribution in [0.4, 0.5) is 22.0 Å². The number of esters is 1. The van der Waals surface area contributed by atoms with Crippen LogP contribution in [0.15, 0.2) is 87.5 Å². The molecule has 0 unspecified atom stereocenters. The molecular formula is C32H36BrF5O5S2. The number of carbonyl (C=O) groups is 1. The third-order valence-electron chi connectivity index (χ3n) is 6.46. The van der Waals surface area contributed by atoms with E-state index in [0.29, 0.717) is 12.8 Å². The number of alkyl halides is 3. The van der Waals surface area contributed by atoms with Crippen LogP contribution in [0.5, 0.6) is 0 Å². The molecule has 3 rings (SSSR count). The second-order valence-electron chi connectivity index (χ2n) is 10.00. The molecule has 0 bridgehead atoms. The minimum Gasteiger partial charge on any atom is -0.743 e. The molecule has 0 N–H and O–H groups in total. The van der Waals surface area contributed by atoms with Crippen molar-refractivity contribution in [2.75, 3.05) is 11.9 Å². The summed E-state index contributed by atoms with van der Waals surface area (Å²) in [5, 5.41) is -3.97. The Kier molecular flexibility index (Phi) is 17.1. The molecule has 3 aromatic carbocycles. The Morgan fingerprint density at radius 3 is 1.27 bits per heavy atom. The van der Waals surface area contributed by atoms with E-state index in [1.807, 2.05) is 0 Å². The van der Waals surface area contributed by atoms with E-state index in [9.17, 15) is 39.7 Å². The largest absolute Gasteiger partial charge is 0.743 e. The van der Waals surface area contributed by atoms with Crippen LogP contribution in [0.1, 0.15) is 64.2 Å². The van der Waals surface area contributed by atoms with Gasteiger partial charge in [-0.1, -0.05) is 67.3 Å². The van der Waals surface area contributed by atoms with Crippen molar-refractivity contribution in [2.24, 2.45) is 0 Å². The molecule has 3 aromatic rings. The van der Waals surface area contributed by atoms with E-state index in [0.717, 1.165) is 39.3 Å². The lowest BCUT2D eigenvalue weighted by Crippen LogP contribution is -2.39.